The van der Waals surface area contributed by atoms with Crippen LogP contribution in [0.4, 0.5) is 4.79 Å². The number of carbonyl (C=O) groups excluding carboxylic acids is 2. The van der Waals surface area contributed by atoms with Crippen LogP contribution in [0.3, 0.4) is 0 Å². The van der Waals surface area contributed by atoms with E-state index < -0.39 is 17.7 Å². The van der Waals surface area contributed by atoms with Crippen LogP contribution in [0.5, 0.6) is 0 Å². The molecule has 1 aliphatic heterocycles. The molecule has 2 amide bonds. The zero-order valence-electron chi connectivity index (χ0n) is 9.92. The second kappa shape index (κ2) is 5.16. The third-order valence-corrected chi connectivity index (χ3v) is 1.96. The van der Waals surface area contributed by atoms with Crippen LogP contribution in [-0.4, -0.2) is 43.3 Å². The van der Waals surface area contributed by atoms with Crippen LogP contribution in [0.1, 0.15) is 20.8 Å². The van der Waals surface area contributed by atoms with E-state index in [-0.39, 0.29) is 5.91 Å². The Labute approximate surface area is 95.1 Å². The average molecular weight is 229 g/mol. The normalized spacial score (nSPS) is 21.9. The largest absolute Gasteiger partial charge is 0.444 e. The zero-order valence-corrected chi connectivity index (χ0v) is 9.92. The number of nitrogens with one attached hydrogen (secondary N) is 3. The summed E-state index contributed by atoms with van der Waals surface area (Å²) in [5, 5.41) is 8.26. The lowest BCUT2D eigenvalue weighted by Crippen LogP contribution is -2.50. The molecule has 0 aliphatic carbocycles. The average Bonchev–Trinajstić information content (AvgIpc) is 2.29. The molecule has 6 nitrogen and oxygen atoms in total. The van der Waals surface area contributed by atoms with Crippen LogP contribution in [-0.2, 0) is 9.53 Å². The van der Waals surface area contributed by atoms with Crippen molar-refractivity contribution in [3.8, 4) is 0 Å². The fourth-order valence-electron chi connectivity index (χ4n) is 1.30. The number of hydrogen-bond acceptors (Lipinski definition) is 4. The van der Waals surface area contributed by atoms with E-state index in [2.05, 4.69) is 16.0 Å². The molecule has 0 unspecified atom stereocenters. The molecule has 0 aromatic rings. The lowest BCUT2D eigenvalue weighted by molar-refractivity contribution is -0.122. The Morgan fingerprint density at radius 2 is 2.12 bits per heavy atom. The number of hydrogen-bond donors (Lipinski definition) is 3. The Balaban J connectivity index is 2.45. The van der Waals surface area contributed by atoms with Gasteiger partial charge in [0.1, 0.15) is 11.6 Å². The highest BCUT2D eigenvalue weighted by molar-refractivity contribution is 5.86. The van der Waals surface area contributed by atoms with Crippen molar-refractivity contribution in [2.75, 3.05) is 19.6 Å². The summed E-state index contributed by atoms with van der Waals surface area (Å²) >= 11 is 0. The van der Waals surface area contributed by atoms with Gasteiger partial charge >= 0.3 is 6.09 Å². The zero-order chi connectivity index (χ0) is 12.2. The topological polar surface area (TPSA) is 79.5 Å². The Hall–Kier alpha value is -1.30. The molecule has 3 N–H and O–H groups in total. The van der Waals surface area contributed by atoms with E-state index in [1.807, 2.05) is 0 Å². The lowest BCUT2D eigenvalue weighted by Gasteiger charge is -2.22. The molecule has 1 saturated heterocycles. The quantitative estimate of drug-likeness (QED) is 0.571. The number of carbonyl (C=O) groups is 2. The second-order valence-corrected chi connectivity index (χ2v) is 4.69. The van der Waals surface area contributed by atoms with E-state index in [1.54, 1.807) is 20.8 Å². The van der Waals surface area contributed by atoms with Gasteiger partial charge in [-0.2, -0.15) is 0 Å². The molecular weight excluding hydrogens is 210 g/mol. The molecule has 92 valence electrons. The monoisotopic (exact) mass is 229 g/mol. The highest BCUT2D eigenvalue weighted by Crippen LogP contribution is 2.06. The van der Waals surface area contributed by atoms with Crippen molar-refractivity contribution >= 4 is 12.0 Å². The van der Waals surface area contributed by atoms with E-state index in [0.717, 1.165) is 0 Å². The number of ether oxygens (including phenoxy) is 1. The maximum absolute atomic E-state index is 11.5. The predicted molar refractivity (Wildman–Crippen MR) is 59.0 cm³/mol. The smallest absolute Gasteiger partial charge is 0.408 e. The molecule has 0 aromatic heterocycles. The summed E-state index contributed by atoms with van der Waals surface area (Å²) < 4.78 is 5.07. The van der Waals surface area contributed by atoms with Crippen molar-refractivity contribution in [1.29, 1.82) is 0 Å². The lowest BCUT2D eigenvalue weighted by atomic mass is 10.2. The first kappa shape index (κ1) is 12.8. The standard InChI is InChI=1S/C10H19N3O3/c1-10(2,3)16-9(15)13-7-6-11-4-5-12-8(7)14/h7,11H,4-6H2,1-3H3,(H,12,14)(H,13,15)/t7-/m1/s1. The first-order valence-corrected chi connectivity index (χ1v) is 5.36. The molecule has 6 heteroatoms. The summed E-state index contributed by atoms with van der Waals surface area (Å²) in [7, 11) is 0. The van der Waals surface area contributed by atoms with Gasteiger partial charge in [-0.25, -0.2) is 4.79 Å². The Morgan fingerprint density at radius 3 is 2.75 bits per heavy atom. The van der Waals surface area contributed by atoms with Gasteiger partial charge in [0, 0.05) is 19.6 Å². The Bertz CT molecular complexity index is 273. The van der Waals surface area contributed by atoms with Crippen LogP contribution in [0.15, 0.2) is 0 Å². The molecule has 0 spiro atoms. The third-order valence-electron chi connectivity index (χ3n) is 1.96. The van der Waals surface area contributed by atoms with Crippen molar-refractivity contribution in [1.82, 2.24) is 16.0 Å². The molecule has 1 aliphatic rings. The molecule has 16 heavy (non-hydrogen) atoms. The van der Waals surface area contributed by atoms with Gasteiger partial charge in [-0.1, -0.05) is 0 Å². The van der Waals surface area contributed by atoms with Gasteiger partial charge in [-0.3, -0.25) is 4.79 Å². The van der Waals surface area contributed by atoms with Crippen LogP contribution in [0.25, 0.3) is 0 Å². The Kier molecular flexibility index (Phi) is 4.12. The maximum atomic E-state index is 11.5. The van der Waals surface area contributed by atoms with E-state index in [0.29, 0.717) is 19.6 Å². The third kappa shape index (κ3) is 4.48. The van der Waals surface area contributed by atoms with Gasteiger partial charge in [0.2, 0.25) is 5.91 Å². The fraction of sp³-hybridized carbons (Fsp3) is 0.800. The molecule has 0 radical (unpaired) electrons. The Morgan fingerprint density at radius 1 is 1.44 bits per heavy atom. The van der Waals surface area contributed by atoms with Crippen molar-refractivity contribution in [3.05, 3.63) is 0 Å². The van der Waals surface area contributed by atoms with Gasteiger partial charge in [-0.15, -0.1) is 0 Å². The number of alkyl carbamates (subject to hydrolysis) is 1. The minimum Gasteiger partial charge on any atom is -0.444 e. The first-order valence-electron chi connectivity index (χ1n) is 5.36. The summed E-state index contributed by atoms with van der Waals surface area (Å²) in [4.78, 5) is 22.9. The molecule has 0 bridgehead atoms. The van der Waals surface area contributed by atoms with Gasteiger partial charge in [0.05, 0.1) is 0 Å². The summed E-state index contributed by atoms with van der Waals surface area (Å²) in [6.45, 7) is 7.03. The minimum atomic E-state index is -0.573. The van der Waals surface area contributed by atoms with E-state index >= 15 is 0 Å². The molecule has 0 aromatic carbocycles. The SMILES string of the molecule is CC(C)(C)OC(=O)N[C@@H]1CNCCNC1=O. The predicted octanol–water partition coefficient (Wildman–Crippen LogP) is -0.401. The van der Waals surface area contributed by atoms with Crippen molar-refractivity contribution in [2.24, 2.45) is 0 Å². The van der Waals surface area contributed by atoms with E-state index in [9.17, 15) is 9.59 Å². The van der Waals surface area contributed by atoms with Crippen molar-refractivity contribution in [3.63, 3.8) is 0 Å². The number of amides is 2. The summed E-state index contributed by atoms with van der Waals surface area (Å²) in [6.07, 6.45) is -0.573. The van der Waals surface area contributed by atoms with E-state index in [4.69, 9.17) is 4.74 Å². The molecule has 1 rings (SSSR count). The second-order valence-electron chi connectivity index (χ2n) is 4.69. The molecule has 1 heterocycles. The van der Waals surface area contributed by atoms with Crippen LogP contribution in [0.2, 0.25) is 0 Å². The van der Waals surface area contributed by atoms with Gasteiger partial charge < -0.3 is 20.7 Å². The minimum absolute atomic E-state index is 0.184. The number of rotatable bonds is 1. The highest BCUT2D eigenvalue weighted by atomic mass is 16.6. The highest BCUT2D eigenvalue weighted by Gasteiger charge is 2.24. The van der Waals surface area contributed by atoms with Gasteiger partial charge in [0.25, 0.3) is 0 Å². The molecule has 1 fully saturated rings. The van der Waals surface area contributed by atoms with E-state index in [1.165, 1.54) is 0 Å². The van der Waals surface area contributed by atoms with Crippen LogP contribution < -0.4 is 16.0 Å². The van der Waals surface area contributed by atoms with Crippen LogP contribution in [0, 0.1) is 0 Å². The molecule has 1 atom stereocenters. The van der Waals surface area contributed by atoms with Gasteiger partial charge in [-0.05, 0) is 20.8 Å². The van der Waals surface area contributed by atoms with Crippen LogP contribution >= 0.6 is 0 Å². The molecule has 0 saturated carbocycles. The summed E-state index contributed by atoms with van der Waals surface area (Å²) in [6, 6.07) is -0.572. The maximum Gasteiger partial charge on any atom is 0.408 e. The van der Waals surface area contributed by atoms with Crippen molar-refractivity contribution < 1.29 is 14.3 Å². The first-order chi connectivity index (χ1) is 7.38. The van der Waals surface area contributed by atoms with Gasteiger partial charge in [0.15, 0.2) is 0 Å². The molecular formula is C10H19N3O3. The summed E-state index contributed by atoms with van der Waals surface area (Å²) in [5.41, 5.74) is -0.557. The summed E-state index contributed by atoms with van der Waals surface area (Å²) in [5.74, 6) is -0.184. The fourth-order valence-corrected chi connectivity index (χ4v) is 1.30. The van der Waals surface area contributed by atoms with Crippen molar-refractivity contribution in [2.45, 2.75) is 32.4 Å².